The van der Waals surface area contributed by atoms with Crippen LogP contribution >= 0.6 is 0 Å². The summed E-state index contributed by atoms with van der Waals surface area (Å²) >= 11 is 0. The summed E-state index contributed by atoms with van der Waals surface area (Å²) < 4.78 is 5.39. The van der Waals surface area contributed by atoms with Crippen molar-refractivity contribution >= 4 is 17.5 Å². The van der Waals surface area contributed by atoms with E-state index in [0.717, 1.165) is 17.9 Å². The molecular formula is C16H22N2O3. The summed E-state index contributed by atoms with van der Waals surface area (Å²) in [7, 11) is 0. The van der Waals surface area contributed by atoms with Gasteiger partial charge >= 0.3 is 0 Å². The third-order valence-electron chi connectivity index (χ3n) is 3.82. The molecular weight excluding hydrogens is 268 g/mol. The minimum atomic E-state index is -0.442. The zero-order valence-corrected chi connectivity index (χ0v) is 12.8. The van der Waals surface area contributed by atoms with E-state index >= 15 is 0 Å². The van der Waals surface area contributed by atoms with Crippen molar-refractivity contribution in [2.45, 2.75) is 33.2 Å². The number of rotatable bonds is 5. The lowest BCUT2D eigenvalue weighted by molar-refractivity contribution is -0.132. The van der Waals surface area contributed by atoms with E-state index in [1.807, 2.05) is 45.0 Å². The Labute approximate surface area is 125 Å². The van der Waals surface area contributed by atoms with E-state index in [1.54, 1.807) is 4.90 Å². The van der Waals surface area contributed by atoms with Gasteiger partial charge in [-0.15, -0.1) is 0 Å². The molecule has 1 aromatic rings. The predicted octanol–water partition coefficient (Wildman–Crippen LogP) is 1.96. The summed E-state index contributed by atoms with van der Waals surface area (Å²) in [6.07, 6.45) is 0.841. The van der Waals surface area contributed by atoms with Crippen molar-refractivity contribution in [1.82, 2.24) is 5.32 Å². The first-order valence-electron chi connectivity index (χ1n) is 7.40. The molecule has 21 heavy (non-hydrogen) atoms. The maximum absolute atomic E-state index is 12.6. The van der Waals surface area contributed by atoms with Crippen LogP contribution in [-0.2, 0) is 9.59 Å². The molecule has 5 heteroatoms. The normalized spacial score (nSPS) is 20.1. The zero-order chi connectivity index (χ0) is 15.4. The van der Waals surface area contributed by atoms with E-state index in [9.17, 15) is 9.59 Å². The summed E-state index contributed by atoms with van der Waals surface area (Å²) in [5.74, 6) is 0.711. The first-order valence-corrected chi connectivity index (χ1v) is 7.40. The Morgan fingerprint density at radius 3 is 2.52 bits per heavy atom. The van der Waals surface area contributed by atoms with Crippen molar-refractivity contribution in [1.29, 1.82) is 0 Å². The SMILES string of the molecule is CCOc1ccc(N2CC(=O)NC(C(C)CC)C2=O)cc1. The van der Waals surface area contributed by atoms with E-state index in [2.05, 4.69) is 5.32 Å². The second-order valence-corrected chi connectivity index (χ2v) is 5.28. The van der Waals surface area contributed by atoms with Crippen LogP contribution in [0.3, 0.4) is 0 Å². The van der Waals surface area contributed by atoms with Crippen LogP contribution in [0.25, 0.3) is 0 Å². The predicted molar refractivity (Wildman–Crippen MR) is 81.3 cm³/mol. The van der Waals surface area contributed by atoms with Crippen molar-refractivity contribution in [3.8, 4) is 5.75 Å². The molecule has 5 nitrogen and oxygen atoms in total. The molecule has 1 aliphatic rings. The number of benzene rings is 1. The van der Waals surface area contributed by atoms with E-state index in [4.69, 9.17) is 4.74 Å². The van der Waals surface area contributed by atoms with Gasteiger partial charge in [0.1, 0.15) is 18.3 Å². The highest BCUT2D eigenvalue weighted by atomic mass is 16.5. The highest BCUT2D eigenvalue weighted by Gasteiger charge is 2.36. The fraction of sp³-hybridized carbons (Fsp3) is 0.500. The number of hydrogen-bond donors (Lipinski definition) is 1. The molecule has 0 radical (unpaired) electrons. The van der Waals surface area contributed by atoms with E-state index in [1.165, 1.54) is 0 Å². The highest BCUT2D eigenvalue weighted by molar-refractivity contribution is 6.06. The van der Waals surface area contributed by atoms with Gasteiger partial charge in [0.15, 0.2) is 0 Å². The van der Waals surface area contributed by atoms with Crippen LogP contribution in [-0.4, -0.2) is 31.0 Å². The smallest absolute Gasteiger partial charge is 0.250 e. The second kappa shape index (κ2) is 6.61. The van der Waals surface area contributed by atoms with Crippen LogP contribution < -0.4 is 15.0 Å². The van der Waals surface area contributed by atoms with Gasteiger partial charge in [0.2, 0.25) is 11.8 Å². The number of carbonyl (C=O) groups is 2. The minimum absolute atomic E-state index is 0.0480. The number of nitrogens with zero attached hydrogens (tertiary/aromatic N) is 1. The Bertz CT molecular complexity index is 513. The van der Waals surface area contributed by atoms with Gasteiger partial charge in [0, 0.05) is 5.69 Å². The van der Waals surface area contributed by atoms with Crippen molar-refractivity contribution in [2.75, 3.05) is 18.1 Å². The summed E-state index contributed by atoms with van der Waals surface area (Å²) in [6, 6.07) is 6.82. The summed E-state index contributed by atoms with van der Waals surface area (Å²) in [4.78, 5) is 26.0. The molecule has 0 aliphatic carbocycles. The number of ether oxygens (including phenoxy) is 1. The Kier molecular flexibility index (Phi) is 4.83. The molecule has 0 spiro atoms. The van der Waals surface area contributed by atoms with E-state index < -0.39 is 6.04 Å². The largest absolute Gasteiger partial charge is 0.494 e. The Hall–Kier alpha value is -2.04. The van der Waals surface area contributed by atoms with Crippen LogP contribution in [0.1, 0.15) is 27.2 Å². The van der Waals surface area contributed by atoms with Gasteiger partial charge in [0.25, 0.3) is 0 Å². The molecule has 1 heterocycles. The van der Waals surface area contributed by atoms with E-state index in [-0.39, 0.29) is 24.3 Å². The molecule has 1 aromatic carbocycles. The Morgan fingerprint density at radius 2 is 1.95 bits per heavy atom. The average molecular weight is 290 g/mol. The number of anilines is 1. The van der Waals surface area contributed by atoms with Crippen LogP contribution in [0, 0.1) is 5.92 Å². The number of piperazine rings is 1. The fourth-order valence-electron chi connectivity index (χ4n) is 2.40. The van der Waals surface area contributed by atoms with Crippen LogP contribution in [0.4, 0.5) is 5.69 Å². The lowest BCUT2D eigenvalue weighted by atomic mass is 9.96. The van der Waals surface area contributed by atoms with Gasteiger partial charge < -0.3 is 15.0 Å². The summed E-state index contributed by atoms with van der Waals surface area (Å²) in [5, 5.41) is 2.79. The monoisotopic (exact) mass is 290 g/mol. The average Bonchev–Trinajstić information content (AvgIpc) is 2.49. The van der Waals surface area contributed by atoms with Gasteiger partial charge in [-0.3, -0.25) is 9.59 Å². The molecule has 1 saturated heterocycles. The molecule has 0 aromatic heterocycles. The quantitative estimate of drug-likeness (QED) is 0.902. The van der Waals surface area contributed by atoms with Gasteiger partial charge in [-0.1, -0.05) is 20.3 Å². The summed E-state index contributed by atoms with van der Waals surface area (Å²) in [5.41, 5.74) is 0.728. The molecule has 0 saturated carbocycles. The maximum atomic E-state index is 12.6. The minimum Gasteiger partial charge on any atom is -0.494 e. The number of carbonyl (C=O) groups excluding carboxylic acids is 2. The number of amides is 2. The van der Waals surface area contributed by atoms with Crippen molar-refractivity contribution < 1.29 is 14.3 Å². The molecule has 114 valence electrons. The molecule has 2 amide bonds. The molecule has 1 fully saturated rings. The van der Waals surface area contributed by atoms with Gasteiger partial charge in [-0.05, 0) is 37.1 Å². The Morgan fingerprint density at radius 1 is 1.29 bits per heavy atom. The topological polar surface area (TPSA) is 58.6 Å². The molecule has 1 N–H and O–H groups in total. The van der Waals surface area contributed by atoms with Gasteiger partial charge in [0.05, 0.1) is 6.61 Å². The Balaban J connectivity index is 2.20. The molecule has 0 bridgehead atoms. The molecule has 2 atom stereocenters. The second-order valence-electron chi connectivity index (χ2n) is 5.28. The lowest BCUT2D eigenvalue weighted by Crippen LogP contribution is -2.60. The number of hydrogen-bond acceptors (Lipinski definition) is 3. The molecule has 1 aliphatic heterocycles. The standard InChI is InChI=1S/C16H22N2O3/c1-4-11(3)15-16(20)18(10-14(19)17-15)12-6-8-13(9-7-12)21-5-2/h6-9,11,15H,4-5,10H2,1-3H3,(H,17,19). The number of nitrogens with one attached hydrogen (secondary N) is 1. The molecule has 2 unspecified atom stereocenters. The first-order chi connectivity index (χ1) is 10.1. The summed E-state index contributed by atoms with van der Waals surface area (Å²) in [6.45, 7) is 6.58. The third kappa shape index (κ3) is 3.35. The van der Waals surface area contributed by atoms with Crippen LogP contribution in [0.15, 0.2) is 24.3 Å². The van der Waals surface area contributed by atoms with Crippen LogP contribution in [0.2, 0.25) is 0 Å². The van der Waals surface area contributed by atoms with Gasteiger partial charge in [-0.2, -0.15) is 0 Å². The van der Waals surface area contributed by atoms with Crippen molar-refractivity contribution in [3.63, 3.8) is 0 Å². The lowest BCUT2D eigenvalue weighted by Gasteiger charge is -2.35. The van der Waals surface area contributed by atoms with Crippen molar-refractivity contribution in [2.24, 2.45) is 5.92 Å². The van der Waals surface area contributed by atoms with Gasteiger partial charge in [-0.25, -0.2) is 0 Å². The maximum Gasteiger partial charge on any atom is 0.250 e. The highest BCUT2D eigenvalue weighted by Crippen LogP contribution is 2.23. The fourth-order valence-corrected chi connectivity index (χ4v) is 2.40. The third-order valence-corrected chi connectivity index (χ3v) is 3.82. The van der Waals surface area contributed by atoms with Crippen LogP contribution in [0.5, 0.6) is 5.75 Å². The first kappa shape index (κ1) is 15.4. The zero-order valence-electron chi connectivity index (χ0n) is 12.8. The molecule has 2 rings (SSSR count). The van der Waals surface area contributed by atoms with Crippen molar-refractivity contribution in [3.05, 3.63) is 24.3 Å². The van der Waals surface area contributed by atoms with E-state index in [0.29, 0.717) is 6.61 Å².